The number of carbonyl (C=O) groups excluding carboxylic acids is 1. The predicted molar refractivity (Wildman–Crippen MR) is 72.8 cm³/mol. The van der Waals surface area contributed by atoms with Gasteiger partial charge in [-0.05, 0) is 19.4 Å². The zero-order chi connectivity index (χ0) is 14.0. The van der Waals surface area contributed by atoms with Crippen LogP contribution in [0.1, 0.15) is 27.9 Å². The van der Waals surface area contributed by atoms with Gasteiger partial charge in [0, 0.05) is 11.1 Å². The highest BCUT2D eigenvalue weighted by Crippen LogP contribution is 2.23. The number of nitrogens with two attached hydrogens (primary N) is 1. The first-order chi connectivity index (χ1) is 9.02. The Morgan fingerprint density at radius 3 is 2.95 bits per heavy atom. The summed E-state index contributed by atoms with van der Waals surface area (Å²) >= 11 is 1.36. The Balaban J connectivity index is 2.23. The van der Waals surface area contributed by atoms with Crippen LogP contribution in [0.4, 0.5) is 15.3 Å². The fraction of sp³-hybridized carbons (Fsp3) is 0.250. The summed E-state index contributed by atoms with van der Waals surface area (Å²) in [6.45, 7) is 3.91. The zero-order valence-electron chi connectivity index (χ0n) is 10.5. The highest BCUT2D eigenvalue weighted by atomic mass is 32.1. The molecule has 1 amide bonds. The van der Waals surface area contributed by atoms with E-state index >= 15 is 0 Å². The van der Waals surface area contributed by atoms with Gasteiger partial charge in [0.15, 0.2) is 16.8 Å². The molecule has 2 heterocycles. The highest BCUT2D eigenvalue weighted by Gasteiger charge is 2.16. The summed E-state index contributed by atoms with van der Waals surface area (Å²) in [5, 5.41) is 3.02. The molecule has 0 fully saturated rings. The Labute approximate surface area is 113 Å². The van der Waals surface area contributed by atoms with Crippen LogP contribution in [0.15, 0.2) is 12.3 Å². The number of rotatable bonds is 3. The lowest BCUT2D eigenvalue weighted by molar-refractivity contribution is 0.102. The number of thiazole rings is 1. The van der Waals surface area contributed by atoms with Crippen molar-refractivity contribution < 1.29 is 9.18 Å². The van der Waals surface area contributed by atoms with Crippen molar-refractivity contribution >= 4 is 28.2 Å². The minimum atomic E-state index is -0.816. The summed E-state index contributed by atoms with van der Waals surface area (Å²) in [7, 11) is 0. The van der Waals surface area contributed by atoms with Crippen molar-refractivity contribution in [2.75, 3.05) is 11.1 Å². The Kier molecular flexibility index (Phi) is 3.75. The van der Waals surface area contributed by atoms with Crippen molar-refractivity contribution in [3.8, 4) is 0 Å². The van der Waals surface area contributed by atoms with Crippen LogP contribution < -0.4 is 11.1 Å². The van der Waals surface area contributed by atoms with E-state index in [1.807, 2.05) is 13.8 Å². The molecule has 0 radical (unpaired) electrons. The number of carbonyl (C=O) groups is 1. The van der Waals surface area contributed by atoms with Crippen LogP contribution in [0.3, 0.4) is 0 Å². The molecule has 0 unspecified atom stereocenters. The summed E-state index contributed by atoms with van der Waals surface area (Å²) in [5.74, 6) is -1.69. The second-order valence-corrected chi connectivity index (χ2v) is 5.09. The Bertz CT molecular complexity index is 626. The molecule has 0 aromatic carbocycles. The fourth-order valence-corrected chi connectivity index (χ4v) is 2.51. The third-order valence-electron chi connectivity index (χ3n) is 2.61. The number of nitrogens with zero attached hydrogens (tertiary/aromatic N) is 2. The molecule has 0 aliphatic heterocycles. The van der Waals surface area contributed by atoms with E-state index in [2.05, 4.69) is 15.3 Å². The van der Waals surface area contributed by atoms with E-state index in [1.54, 1.807) is 0 Å². The smallest absolute Gasteiger partial charge is 0.260 e. The lowest BCUT2D eigenvalue weighted by Gasteiger charge is -2.04. The van der Waals surface area contributed by atoms with Crippen LogP contribution in [0.25, 0.3) is 0 Å². The summed E-state index contributed by atoms with van der Waals surface area (Å²) in [6.07, 6.45) is 2.08. The van der Waals surface area contributed by atoms with Gasteiger partial charge in [0.1, 0.15) is 0 Å². The first-order valence-corrected chi connectivity index (χ1v) is 6.52. The Hall–Kier alpha value is -2.02. The molecule has 0 spiro atoms. The second kappa shape index (κ2) is 5.31. The molecule has 0 atom stereocenters. The summed E-state index contributed by atoms with van der Waals surface area (Å²) in [4.78, 5) is 20.8. The van der Waals surface area contributed by atoms with Gasteiger partial charge in [0.25, 0.3) is 5.91 Å². The first-order valence-electron chi connectivity index (χ1n) is 5.70. The van der Waals surface area contributed by atoms with E-state index < -0.39 is 11.7 Å². The second-order valence-electron chi connectivity index (χ2n) is 3.89. The van der Waals surface area contributed by atoms with Crippen molar-refractivity contribution in [1.82, 2.24) is 9.97 Å². The minimum Gasteiger partial charge on any atom is -0.381 e. The van der Waals surface area contributed by atoms with Crippen molar-refractivity contribution in [2.45, 2.75) is 20.3 Å². The third-order valence-corrected chi connectivity index (χ3v) is 3.54. The average Bonchev–Trinajstić information content (AvgIpc) is 2.72. The topological polar surface area (TPSA) is 80.9 Å². The number of hydrogen-bond acceptors (Lipinski definition) is 5. The number of halogens is 1. The van der Waals surface area contributed by atoms with Crippen LogP contribution in [0.2, 0.25) is 0 Å². The normalized spacial score (nSPS) is 10.5. The summed E-state index contributed by atoms with van der Waals surface area (Å²) < 4.78 is 13.6. The number of aromatic nitrogens is 2. The lowest BCUT2D eigenvalue weighted by atomic mass is 10.2. The van der Waals surface area contributed by atoms with Crippen LogP contribution in [-0.2, 0) is 6.42 Å². The van der Waals surface area contributed by atoms with Crippen molar-refractivity contribution in [3.05, 3.63) is 34.2 Å². The van der Waals surface area contributed by atoms with Gasteiger partial charge in [0.05, 0.1) is 11.3 Å². The maximum atomic E-state index is 13.6. The van der Waals surface area contributed by atoms with Crippen LogP contribution >= 0.6 is 11.3 Å². The Morgan fingerprint density at radius 1 is 1.58 bits per heavy atom. The molecule has 2 aromatic heterocycles. The van der Waals surface area contributed by atoms with Gasteiger partial charge in [-0.2, -0.15) is 0 Å². The lowest BCUT2D eigenvalue weighted by Crippen LogP contribution is -2.15. The van der Waals surface area contributed by atoms with Gasteiger partial charge in [0.2, 0.25) is 0 Å². The number of aryl methyl sites for hydroxylation is 2. The van der Waals surface area contributed by atoms with E-state index in [0.717, 1.165) is 17.0 Å². The van der Waals surface area contributed by atoms with Gasteiger partial charge in [-0.3, -0.25) is 10.1 Å². The molecule has 7 heteroatoms. The standard InChI is InChI=1S/C12H13FN4OS/c1-3-8-6(2)19-12(16-8)17-11(18)7-4-5-15-10(14)9(7)13/h4-5H,3H2,1-2H3,(H2,14,15)(H,16,17,18). The molecule has 2 rings (SSSR count). The highest BCUT2D eigenvalue weighted by molar-refractivity contribution is 7.15. The number of amides is 1. The van der Waals surface area contributed by atoms with Gasteiger partial charge >= 0.3 is 0 Å². The van der Waals surface area contributed by atoms with Crippen molar-refractivity contribution in [2.24, 2.45) is 0 Å². The molecular weight excluding hydrogens is 267 g/mol. The molecule has 100 valence electrons. The minimum absolute atomic E-state index is 0.140. The molecule has 0 saturated carbocycles. The number of nitrogen functional groups attached to an aromatic ring is 1. The molecule has 5 nitrogen and oxygen atoms in total. The van der Waals surface area contributed by atoms with E-state index in [0.29, 0.717) is 5.13 Å². The fourth-order valence-electron chi connectivity index (χ4n) is 1.61. The van der Waals surface area contributed by atoms with Crippen LogP contribution in [0.5, 0.6) is 0 Å². The largest absolute Gasteiger partial charge is 0.381 e. The van der Waals surface area contributed by atoms with Crippen LogP contribution in [-0.4, -0.2) is 15.9 Å². The number of hydrogen-bond donors (Lipinski definition) is 2. The molecule has 2 aromatic rings. The van der Waals surface area contributed by atoms with Gasteiger partial charge in [-0.25, -0.2) is 14.4 Å². The number of anilines is 2. The van der Waals surface area contributed by atoms with Gasteiger partial charge in [-0.15, -0.1) is 11.3 Å². The molecule has 0 aliphatic carbocycles. The summed E-state index contributed by atoms with van der Waals surface area (Å²) in [5.41, 5.74) is 6.11. The van der Waals surface area contributed by atoms with E-state index in [-0.39, 0.29) is 11.4 Å². The number of nitrogens with one attached hydrogen (secondary N) is 1. The Morgan fingerprint density at radius 2 is 2.32 bits per heavy atom. The maximum Gasteiger partial charge on any atom is 0.260 e. The first kappa shape index (κ1) is 13.4. The van der Waals surface area contributed by atoms with E-state index in [1.165, 1.54) is 23.6 Å². The monoisotopic (exact) mass is 280 g/mol. The van der Waals surface area contributed by atoms with Crippen molar-refractivity contribution in [3.63, 3.8) is 0 Å². The molecule has 0 saturated heterocycles. The molecule has 19 heavy (non-hydrogen) atoms. The predicted octanol–water partition coefficient (Wildman–Crippen LogP) is 2.38. The number of pyridine rings is 1. The summed E-state index contributed by atoms with van der Waals surface area (Å²) in [6, 6.07) is 1.28. The molecule has 0 bridgehead atoms. The molecular formula is C12H13FN4OS. The van der Waals surface area contributed by atoms with E-state index in [4.69, 9.17) is 5.73 Å². The quantitative estimate of drug-likeness (QED) is 0.904. The van der Waals surface area contributed by atoms with Crippen LogP contribution in [0, 0.1) is 12.7 Å². The zero-order valence-corrected chi connectivity index (χ0v) is 11.3. The third kappa shape index (κ3) is 2.70. The average molecular weight is 280 g/mol. The molecule has 3 N–H and O–H groups in total. The van der Waals surface area contributed by atoms with Crippen molar-refractivity contribution in [1.29, 1.82) is 0 Å². The van der Waals surface area contributed by atoms with Gasteiger partial charge in [-0.1, -0.05) is 6.92 Å². The molecule has 0 aliphatic rings. The van der Waals surface area contributed by atoms with Gasteiger partial charge < -0.3 is 5.73 Å². The van der Waals surface area contributed by atoms with E-state index in [9.17, 15) is 9.18 Å². The SMILES string of the molecule is CCc1nc(NC(=O)c2ccnc(N)c2F)sc1C. The maximum absolute atomic E-state index is 13.6.